The average molecular weight is 266 g/mol. The average Bonchev–Trinajstić information content (AvgIpc) is 2.97. The molecule has 4 heteroatoms. The summed E-state index contributed by atoms with van der Waals surface area (Å²) in [7, 11) is 0. The number of carbonyl (C=O) groups excluding carboxylic acids is 1. The first kappa shape index (κ1) is 13.6. The lowest BCUT2D eigenvalue weighted by atomic mass is 10.00. The van der Waals surface area contributed by atoms with Crippen molar-refractivity contribution < 1.29 is 4.79 Å². The number of rotatable bonds is 5. The van der Waals surface area contributed by atoms with Crippen LogP contribution in [0.15, 0.2) is 16.8 Å². The van der Waals surface area contributed by atoms with Crippen LogP contribution in [0.25, 0.3) is 0 Å². The molecule has 0 aromatic carbocycles. The van der Waals surface area contributed by atoms with Crippen LogP contribution in [0.5, 0.6) is 0 Å². The molecule has 1 N–H and O–H groups in total. The lowest BCUT2D eigenvalue weighted by molar-refractivity contribution is -0.122. The van der Waals surface area contributed by atoms with E-state index in [0.717, 1.165) is 25.9 Å². The Morgan fingerprint density at radius 2 is 2.44 bits per heavy atom. The van der Waals surface area contributed by atoms with Crippen molar-refractivity contribution in [3.05, 3.63) is 22.4 Å². The number of nitrogens with one attached hydrogen (secondary N) is 1. The molecule has 2 atom stereocenters. The van der Waals surface area contributed by atoms with Gasteiger partial charge in [0.25, 0.3) is 0 Å². The van der Waals surface area contributed by atoms with Crippen LogP contribution in [0.1, 0.15) is 38.2 Å². The number of hydrogen-bond donors (Lipinski definition) is 1. The second kappa shape index (κ2) is 6.34. The molecule has 1 saturated heterocycles. The molecule has 0 spiro atoms. The molecular weight excluding hydrogens is 244 g/mol. The third kappa shape index (κ3) is 3.33. The van der Waals surface area contributed by atoms with Crippen molar-refractivity contribution in [1.29, 1.82) is 0 Å². The molecule has 1 aliphatic rings. The summed E-state index contributed by atoms with van der Waals surface area (Å²) in [5.41, 5.74) is 1.43. The monoisotopic (exact) mass is 266 g/mol. The second-order valence-electron chi connectivity index (χ2n) is 5.12. The SMILES string of the molecule is CCCNC(=O)CN1CC(c2ccsc2)CC1C. The maximum absolute atomic E-state index is 11.7. The van der Waals surface area contributed by atoms with Crippen LogP contribution in [-0.2, 0) is 4.79 Å². The van der Waals surface area contributed by atoms with E-state index in [-0.39, 0.29) is 5.91 Å². The molecule has 0 aliphatic carbocycles. The van der Waals surface area contributed by atoms with Gasteiger partial charge in [0, 0.05) is 19.1 Å². The van der Waals surface area contributed by atoms with E-state index in [0.29, 0.717) is 18.5 Å². The van der Waals surface area contributed by atoms with Crippen LogP contribution in [-0.4, -0.2) is 36.5 Å². The molecule has 1 fully saturated rings. The Kier molecular flexibility index (Phi) is 4.78. The minimum Gasteiger partial charge on any atom is -0.355 e. The Hall–Kier alpha value is -0.870. The normalized spacial score (nSPS) is 24.3. The number of hydrogen-bond acceptors (Lipinski definition) is 3. The van der Waals surface area contributed by atoms with Gasteiger partial charge in [-0.15, -0.1) is 0 Å². The summed E-state index contributed by atoms with van der Waals surface area (Å²) in [6, 6.07) is 2.71. The van der Waals surface area contributed by atoms with E-state index in [1.54, 1.807) is 11.3 Å². The van der Waals surface area contributed by atoms with Crippen LogP contribution in [0, 0.1) is 0 Å². The highest BCUT2D eigenvalue weighted by Gasteiger charge is 2.31. The topological polar surface area (TPSA) is 32.3 Å². The Balaban J connectivity index is 1.85. The molecule has 1 amide bonds. The Bertz CT molecular complexity index is 377. The zero-order valence-corrected chi connectivity index (χ0v) is 12.0. The number of thiophene rings is 1. The maximum Gasteiger partial charge on any atom is 0.234 e. The summed E-state index contributed by atoms with van der Waals surface area (Å²) >= 11 is 1.76. The highest BCUT2D eigenvalue weighted by Crippen LogP contribution is 2.32. The summed E-state index contributed by atoms with van der Waals surface area (Å²) in [6.45, 7) is 6.64. The minimum absolute atomic E-state index is 0.162. The standard InChI is InChI=1S/C14H22N2OS/c1-3-5-15-14(17)9-16-8-13(7-11(16)2)12-4-6-18-10-12/h4,6,10-11,13H,3,5,7-9H2,1-2H3,(H,15,17). The number of nitrogens with zero attached hydrogens (tertiary/aromatic N) is 1. The smallest absolute Gasteiger partial charge is 0.234 e. The van der Waals surface area contributed by atoms with Gasteiger partial charge in [-0.05, 0) is 48.1 Å². The van der Waals surface area contributed by atoms with Gasteiger partial charge in [0.05, 0.1) is 6.54 Å². The van der Waals surface area contributed by atoms with E-state index in [4.69, 9.17) is 0 Å². The molecule has 3 nitrogen and oxygen atoms in total. The predicted molar refractivity (Wildman–Crippen MR) is 76.0 cm³/mol. The summed E-state index contributed by atoms with van der Waals surface area (Å²) < 4.78 is 0. The molecule has 18 heavy (non-hydrogen) atoms. The van der Waals surface area contributed by atoms with Crippen molar-refractivity contribution in [2.45, 2.75) is 38.6 Å². The number of amides is 1. The summed E-state index contributed by atoms with van der Waals surface area (Å²) in [4.78, 5) is 14.0. The molecule has 2 unspecified atom stereocenters. The number of likely N-dealkylation sites (tertiary alicyclic amines) is 1. The molecule has 0 bridgehead atoms. The van der Waals surface area contributed by atoms with Gasteiger partial charge in [0.1, 0.15) is 0 Å². The Morgan fingerprint density at radius 3 is 3.11 bits per heavy atom. The van der Waals surface area contributed by atoms with Crippen molar-refractivity contribution in [3.8, 4) is 0 Å². The van der Waals surface area contributed by atoms with Gasteiger partial charge < -0.3 is 5.32 Å². The van der Waals surface area contributed by atoms with Gasteiger partial charge in [-0.1, -0.05) is 6.92 Å². The molecule has 1 aliphatic heterocycles. The highest BCUT2D eigenvalue weighted by atomic mass is 32.1. The lowest BCUT2D eigenvalue weighted by Crippen LogP contribution is -2.39. The molecule has 1 aromatic heterocycles. The van der Waals surface area contributed by atoms with Gasteiger partial charge in [0.2, 0.25) is 5.91 Å². The lowest BCUT2D eigenvalue weighted by Gasteiger charge is -2.20. The van der Waals surface area contributed by atoms with Crippen LogP contribution >= 0.6 is 11.3 Å². The van der Waals surface area contributed by atoms with Gasteiger partial charge in [-0.25, -0.2) is 0 Å². The predicted octanol–water partition coefficient (Wildman–Crippen LogP) is 2.45. The van der Waals surface area contributed by atoms with Crippen molar-refractivity contribution >= 4 is 17.2 Å². The first-order chi connectivity index (χ1) is 8.70. The quantitative estimate of drug-likeness (QED) is 0.888. The van der Waals surface area contributed by atoms with E-state index in [9.17, 15) is 4.79 Å². The fourth-order valence-electron chi connectivity index (χ4n) is 2.57. The van der Waals surface area contributed by atoms with E-state index < -0.39 is 0 Å². The molecule has 1 aromatic rings. The zero-order chi connectivity index (χ0) is 13.0. The first-order valence-electron chi connectivity index (χ1n) is 6.73. The van der Waals surface area contributed by atoms with E-state index in [1.165, 1.54) is 5.56 Å². The van der Waals surface area contributed by atoms with Crippen LogP contribution < -0.4 is 5.32 Å². The van der Waals surface area contributed by atoms with E-state index >= 15 is 0 Å². The molecule has 2 heterocycles. The Morgan fingerprint density at radius 1 is 1.61 bits per heavy atom. The van der Waals surface area contributed by atoms with E-state index in [1.807, 2.05) is 0 Å². The van der Waals surface area contributed by atoms with Gasteiger partial charge in [-0.2, -0.15) is 11.3 Å². The van der Waals surface area contributed by atoms with Crippen LogP contribution in [0.3, 0.4) is 0 Å². The Labute approximate surface area is 113 Å². The van der Waals surface area contributed by atoms with Gasteiger partial charge >= 0.3 is 0 Å². The fourth-order valence-corrected chi connectivity index (χ4v) is 3.31. The summed E-state index contributed by atoms with van der Waals surface area (Å²) in [6.07, 6.45) is 2.16. The van der Waals surface area contributed by atoms with Crippen molar-refractivity contribution in [2.75, 3.05) is 19.6 Å². The molecule has 100 valence electrons. The van der Waals surface area contributed by atoms with Crippen molar-refractivity contribution in [1.82, 2.24) is 10.2 Å². The molecule has 0 radical (unpaired) electrons. The van der Waals surface area contributed by atoms with Crippen LogP contribution in [0.2, 0.25) is 0 Å². The first-order valence-corrected chi connectivity index (χ1v) is 7.67. The van der Waals surface area contributed by atoms with Gasteiger partial charge in [0.15, 0.2) is 0 Å². The second-order valence-corrected chi connectivity index (χ2v) is 5.90. The fraction of sp³-hybridized carbons (Fsp3) is 0.643. The summed E-state index contributed by atoms with van der Waals surface area (Å²) in [5.74, 6) is 0.764. The third-order valence-electron chi connectivity index (χ3n) is 3.64. The van der Waals surface area contributed by atoms with Crippen molar-refractivity contribution in [2.24, 2.45) is 0 Å². The third-order valence-corrected chi connectivity index (χ3v) is 4.34. The zero-order valence-electron chi connectivity index (χ0n) is 11.2. The highest BCUT2D eigenvalue weighted by molar-refractivity contribution is 7.07. The van der Waals surface area contributed by atoms with E-state index in [2.05, 4.69) is 40.9 Å². The summed E-state index contributed by atoms with van der Waals surface area (Å²) in [5, 5.41) is 7.32. The van der Waals surface area contributed by atoms with Crippen LogP contribution in [0.4, 0.5) is 0 Å². The number of carbonyl (C=O) groups is 1. The largest absolute Gasteiger partial charge is 0.355 e. The minimum atomic E-state index is 0.162. The molecule has 2 rings (SSSR count). The maximum atomic E-state index is 11.7. The van der Waals surface area contributed by atoms with Crippen molar-refractivity contribution in [3.63, 3.8) is 0 Å². The van der Waals surface area contributed by atoms with Gasteiger partial charge in [-0.3, -0.25) is 9.69 Å². The molecule has 0 saturated carbocycles. The molecular formula is C14H22N2OS.